The molecule has 2 heterocycles. The third-order valence-electron chi connectivity index (χ3n) is 2.19. The van der Waals surface area contributed by atoms with E-state index in [0.717, 1.165) is 19.6 Å². The van der Waals surface area contributed by atoms with Crippen molar-refractivity contribution >= 4 is 11.6 Å². The van der Waals surface area contributed by atoms with Crippen molar-refractivity contribution < 1.29 is 0 Å². The highest BCUT2D eigenvalue weighted by Gasteiger charge is 2.13. The standard InChI is InChI=1S/C9H12ClN3/c10-9-2-1-7(5-13-9)8-6-11-3-4-12-8/h1-2,5,8,11-12H,3-4,6H2/t8-/m1/s1. The van der Waals surface area contributed by atoms with Crippen molar-refractivity contribution in [1.82, 2.24) is 15.6 Å². The van der Waals surface area contributed by atoms with Gasteiger partial charge in [0.25, 0.3) is 0 Å². The van der Waals surface area contributed by atoms with E-state index in [0.29, 0.717) is 11.2 Å². The van der Waals surface area contributed by atoms with Crippen LogP contribution >= 0.6 is 11.6 Å². The van der Waals surface area contributed by atoms with Crippen molar-refractivity contribution in [2.24, 2.45) is 0 Å². The summed E-state index contributed by atoms with van der Waals surface area (Å²) in [6.07, 6.45) is 1.83. The van der Waals surface area contributed by atoms with Gasteiger partial charge in [-0.3, -0.25) is 0 Å². The van der Waals surface area contributed by atoms with Crippen LogP contribution in [0.5, 0.6) is 0 Å². The zero-order valence-corrected chi connectivity index (χ0v) is 8.01. The fourth-order valence-electron chi connectivity index (χ4n) is 1.48. The summed E-state index contributed by atoms with van der Waals surface area (Å²) in [6.45, 7) is 3.01. The molecule has 13 heavy (non-hydrogen) atoms. The predicted octanol–water partition coefficient (Wildman–Crippen LogP) is 0.969. The molecule has 0 unspecified atom stereocenters. The second-order valence-corrected chi connectivity index (χ2v) is 3.51. The van der Waals surface area contributed by atoms with Gasteiger partial charge < -0.3 is 10.6 Å². The molecule has 2 rings (SSSR count). The Morgan fingerprint density at radius 2 is 2.31 bits per heavy atom. The normalized spacial score (nSPS) is 23.0. The van der Waals surface area contributed by atoms with Crippen LogP contribution in [0.15, 0.2) is 18.3 Å². The summed E-state index contributed by atoms with van der Waals surface area (Å²) in [4.78, 5) is 4.05. The van der Waals surface area contributed by atoms with Crippen LogP contribution in [0.2, 0.25) is 5.15 Å². The smallest absolute Gasteiger partial charge is 0.129 e. The fourth-order valence-corrected chi connectivity index (χ4v) is 1.59. The molecule has 2 N–H and O–H groups in total. The third kappa shape index (κ3) is 2.18. The molecule has 1 fully saturated rings. The first-order valence-corrected chi connectivity index (χ1v) is 4.79. The monoisotopic (exact) mass is 197 g/mol. The average molecular weight is 198 g/mol. The Hall–Kier alpha value is -0.640. The number of nitrogens with zero attached hydrogens (tertiary/aromatic N) is 1. The Balaban J connectivity index is 2.10. The first-order chi connectivity index (χ1) is 6.36. The van der Waals surface area contributed by atoms with E-state index in [9.17, 15) is 0 Å². The van der Waals surface area contributed by atoms with Crippen LogP contribution in [0.3, 0.4) is 0 Å². The lowest BCUT2D eigenvalue weighted by molar-refractivity contribution is 0.429. The fraction of sp³-hybridized carbons (Fsp3) is 0.444. The van der Waals surface area contributed by atoms with E-state index in [2.05, 4.69) is 15.6 Å². The van der Waals surface area contributed by atoms with E-state index < -0.39 is 0 Å². The highest BCUT2D eigenvalue weighted by molar-refractivity contribution is 6.29. The summed E-state index contributed by atoms with van der Waals surface area (Å²) in [5.41, 5.74) is 1.19. The van der Waals surface area contributed by atoms with Gasteiger partial charge in [-0.2, -0.15) is 0 Å². The molecule has 1 aromatic rings. The van der Waals surface area contributed by atoms with Crippen LogP contribution in [0.4, 0.5) is 0 Å². The molecule has 1 saturated heterocycles. The van der Waals surface area contributed by atoms with E-state index in [1.54, 1.807) is 0 Å². The number of hydrogen-bond acceptors (Lipinski definition) is 3. The van der Waals surface area contributed by atoms with Gasteiger partial charge in [0.1, 0.15) is 5.15 Å². The Morgan fingerprint density at radius 1 is 1.38 bits per heavy atom. The Kier molecular flexibility index (Phi) is 2.78. The number of piperazine rings is 1. The lowest BCUT2D eigenvalue weighted by Crippen LogP contribution is -2.42. The van der Waals surface area contributed by atoms with Crippen LogP contribution in [-0.2, 0) is 0 Å². The van der Waals surface area contributed by atoms with Gasteiger partial charge in [0, 0.05) is 31.9 Å². The van der Waals surface area contributed by atoms with Gasteiger partial charge in [-0.25, -0.2) is 4.98 Å². The highest BCUT2D eigenvalue weighted by Crippen LogP contribution is 2.14. The van der Waals surface area contributed by atoms with Crippen molar-refractivity contribution in [3.05, 3.63) is 29.0 Å². The van der Waals surface area contributed by atoms with E-state index in [1.165, 1.54) is 5.56 Å². The van der Waals surface area contributed by atoms with Crippen molar-refractivity contribution in [2.75, 3.05) is 19.6 Å². The van der Waals surface area contributed by atoms with Crippen molar-refractivity contribution in [3.8, 4) is 0 Å². The second kappa shape index (κ2) is 4.05. The lowest BCUT2D eigenvalue weighted by Gasteiger charge is -2.24. The molecule has 0 aliphatic carbocycles. The van der Waals surface area contributed by atoms with Crippen LogP contribution in [0.25, 0.3) is 0 Å². The second-order valence-electron chi connectivity index (χ2n) is 3.13. The predicted molar refractivity (Wildman–Crippen MR) is 52.9 cm³/mol. The minimum absolute atomic E-state index is 0.374. The topological polar surface area (TPSA) is 37.0 Å². The van der Waals surface area contributed by atoms with E-state index in [4.69, 9.17) is 11.6 Å². The molecule has 0 amide bonds. The molecular formula is C9H12ClN3. The van der Waals surface area contributed by atoms with Crippen LogP contribution in [-0.4, -0.2) is 24.6 Å². The maximum Gasteiger partial charge on any atom is 0.129 e. The summed E-state index contributed by atoms with van der Waals surface area (Å²) in [5.74, 6) is 0. The molecule has 0 bridgehead atoms. The average Bonchev–Trinajstić information content (AvgIpc) is 2.20. The molecule has 0 radical (unpaired) electrons. The zero-order chi connectivity index (χ0) is 9.10. The van der Waals surface area contributed by atoms with Crippen molar-refractivity contribution in [1.29, 1.82) is 0 Å². The van der Waals surface area contributed by atoms with Gasteiger partial charge in [-0.1, -0.05) is 17.7 Å². The Morgan fingerprint density at radius 3 is 2.92 bits per heavy atom. The van der Waals surface area contributed by atoms with E-state index >= 15 is 0 Å². The Bertz CT molecular complexity index is 267. The summed E-state index contributed by atoms with van der Waals surface area (Å²) in [7, 11) is 0. The number of pyridine rings is 1. The van der Waals surface area contributed by atoms with Crippen molar-refractivity contribution in [2.45, 2.75) is 6.04 Å². The summed E-state index contributed by atoms with van der Waals surface area (Å²) >= 11 is 5.70. The molecule has 3 nitrogen and oxygen atoms in total. The molecule has 4 heteroatoms. The SMILES string of the molecule is Clc1ccc([C@H]2CNCCN2)cn1. The number of aromatic nitrogens is 1. The maximum absolute atomic E-state index is 5.70. The number of nitrogens with one attached hydrogen (secondary N) is 2. The minimum atomic E-state index is 0.374. The minimum Gasteiger partial charge on any atom is -0.314 e. The molecule has 1 aliphatic rings. The summed E-state index contributed by atoms with van der Waals surface area (Å²) in [6, 6.07) is 4.21. The molecular weight excluding hydrogens is 186 g/mol. The molecule has 1 aliphatic heterocycles. The molecule has 1 aromatic heterocycles. The third-order valence-corrected chi connectivity index (χ3v) is 2.42. The molecule has 0 aromatic carbocycles. The number of rotatable bonds is 1. The van der Waals surface area contributed by atoms with Gasteiger partial charge in [0.05, 0.1) is 0 Å². The van der Waals surface area contributed by atoms with Gasteiger partial charge in [-0.05, 0) is 11.6 Å². The van der Waals surface area contributed by atoms with Crippen LogP contribution in [0.1, 0.15) is 11.6 Å². The van der Waals surface area contributed by atoms with Gasteiger partial charge in [-0.15, -0.1) is 0 Å². The first-order valence-electron chi connectivity index (χ1n) is 4.42. The summed E-state index contributed by atoms with van der Waals surface area (Å²) < 4.78 is 0. The quantitative estimate of drug-likeness (QED) is 0.659. The lowest BCUT2D eigenvalue weighted by atomic mass is 10.1. The molecule has 0 saturated carbocycles. The van der Waals surface area contributed by atoms with Gasteiger partial charge in [0.2, 0.25) is 0 Å². The zero-order valence-electron chi connectivity index (χ0n) is 7.26. The molecule has 0 spiro atoms. The van der Waals surface area contributed by atoms with Crippen LogP contribution in [0, 0.1) is 0 Å². The summed E-state index contributed by atoms with van der Waals surface area (Å²) in [5, 5.41) is 7.28. The van der Waals surface area contributed by atoms with Gasteiger partial charge >= 0.3 is 0 Å². The van der Waals surface area contributed by atoms with E-state index in [1.807, 2.05) is 18.3 Å². The highest BCUT2D eigenvalue weighted by atomic mass is 35.5. The van der Waals surface area contributed by atoms with E-state index in [-0.39, 0.29) is 0 Å². The largest absolute Gasteiger partial charge is 0.314 e. The van der Waals surface area contributed by atoms with Crippen molar-refractivity contribution in [3.63, 3.8) is 0 Å². The number of hydrogen-bond donors (Lipinski definition) is 2. The number of halogens is 1. The first kappa shape index (κ1) is 8.94. The molecule has 70 valence electrons. The van der Waals surface area contributed by atoms with Gasteiger partial charge in [0.15, 0.2) is 0 Å². The maximum atomic E-state index is 5.70. The van der Waals surface area contributed by atoms with Crippen LogP contribution < -0.4 is 10.6 Å². The molecule has 1 atom stereocenters. The Labute approximate surface area is 82.5 Å².